The average Bonchev–Trinajstić information content (AvgIpc) is 2.72. The lowest BCUT2D eigenvalue weighted by Gasteiger charge is -2.29. The molecule has 0 fully saturated rings. The predicted octanol–water partition coefficient (Wildman–Crippen LogP) is 1.88. The normalized spacial score (nSPS) is 14.7. The van der Waals surface area contributed by atoms with Gasteiger partial charge in [-0.3, -0.25) is 9.59 Å². The summed E-state index contributed by atoms with van der Waals surface area (Å²) in [6.07, 6.45) is -1.07. The van der Waals surface area contributed by atoms with Crippen molar-refractivity contribution >= 4 is 32.4 Å². The van der Waals surface area contributed by atoms with E-state index in [0.717, 1.165) is 0 Å². The molecule has 2 atom stereocenters. The molecule has 3 rings (SSSR count). The van der Waals surface area contributed by atoms with Crippen LogP contribution in [0.25, 0.3) is 10.8 Å². The topological polar surface area (TPSA) is 141 Å². The molecular formula is C22H22N2O5S. The molecule has 0 bridgehead atoms. The van der Waals surface area contributed by atoms with Crippen LogP contribution in [0.4, 0.5) is 0 Å². The largest absolute Gasteiger partial charge is 0.481 e. The van der Waals surface area contributed by atoms with E-state index in [9.17, 15) is 23.1 Å². The number of carbonyl (C=O) groups is 2. The van der Waals surface area contributed by atoms with E-state index in [4.69, 9.17) is 11.5 Å². The van der Waals surface area contributed by atoms with Crippen molar-refractivity contribution in [2.45, 2.75) is 28.6 Å². The highest BCUT2D eigenvalue weighted by Gasteiger charge is 2.51. The Morgan fingerprint density at radius 1 is 0.933 bits per heavy atom. The smallest absolute Gasteiger partial charge is 0.306 e. The maximum atomic E-state index is 13.5. The first-order valence-electron chi connectivity index (χ1n) is 9.24. The van der Waals surface area contributed by atoms with Crippen molar-refractivity contribution in [3.63, 3.8) is 0 Å². The lowest BCUT2D eigenvalue weighted by atomic mass is 9.97. The maximum absolute atomic E-state index is 13.5. The molecule has 0 radical (unpaired) electrons. The SMILES string of the molecule is NC(Cc1ccccc1)C(=O)[C@@](N)(CC(=O)O)S(=O)(=O)c1cccc2ccccc12. The molecule has 8 heteroatoms. The van der Waals surface area contributed by atoms with Crippen molar-refractivity contribution in [2.24, 2.45) is 11.5 Å². The number of rotatable bonds is 8. The molecule has 3 aromatic carbocycles. The molecule has 0 aliphatic rings. The van der Waals surface area contributed by atoms with Gasteiger partial charge in [-0.15, -0.1) is 0 Å². The van der Waals surface area contributed by atoms with Crippen LogP contribution in [0.1, 0.15) is 12.0 Å². The summed E-state index contributed by atoms with van der Waals surface area (Å²) < 4.78 is 27.1. The third-order valence-electron chi connectivity index (χ3n) is 4.98. The monoisotopic (exact) mass is 426 g/mol. The Kier molecular flexibility index (Phi) is 6.02. The number of ketones is 1. The fourth-order valence-corrected chi connectivity index (χ4v) is 5.30. The number of hydrogen-bond acceptors (Lipinski definition) is 6. The first-order chi connectivity index (χ1) is 14.2. The van der Waals surface area contributed by atoms with E-state index in [1.54, 1.807) is 60.7 Å². The van der Waals surface area contributed by atoms with E-state index in [1.807, 2.05) is 0 Å². The van der Waals surface area contributed by atoms with E-state index in [0.29, 0.717) is 16.3 Å². The van der Waals surface area contributed by atoms with Gasteiger partial charge in [0.15, 0.2) is 10.7 Å². The molecule has 156 valence electrons. The number of aliphatic carboxylic acids is 1. The van der Waals surface area contributed by atoms with Crippen LogP contribution >= 0.6 is 0 Å². The number of hydrogen-bond donors (Lipinski definition) is 3. The summed E-state index contributed by atoms with van der Waals surface area (Å²) in [5.41, 5.74) is 12.8. The molecule has 1 unspecified atom stereocenters. The molecule has 0 heterocycles. The Balaban J connectivity index is 2.09. The van der Waals surface area contributed by atoms with E-state index >= 15 is 0 Å². The second-order valence-electron chi connectivity index (χ2n) is 7.10. The van der Waals surface area contributed by atoms with Crippen molar-refractivity contribution in [2.75, 3.05) is 0 Å². The summed E-state index contributed by atoms with van der Waals surface area (Å²) in [4.78, 5) is 21.8. The van der Waals surface area contributed by atoms with Crippen molar-refractivity contribution < 1.29 is 23.1 Å². The maximum Gasteiger partial charge on any atom is 0.306 e. The Hall–Kier alpha value is -3.07. The molecule has 0 aliphatic carbocycles. The molecule has 30 heavy (non-hydrogen) atoms. The first kappa shape index (κ1) is 21.6. The van der Waals surface area contributed by atoms with Gasteiger partial charge in [0.25, 0.3) is 0 Å². The van der Waals surface area contributed by atoms with Crippen LogP contribution in [0.5, 0.6) is 0 Å². The predicted molar refractivity (Wildman–Crippen MR) is 113 cm³/mol. The Morgan fingerprint density at radius 2 is 1.53 bits per heavy atom. The zero-order valence-corrected chi connectivity index (χ0v) is 16.9. The van der Waals surface area contributed by atoms with E-state index in [-0.39, 0.29) is 11.3 Å². The molecule has 0 saturated carbocycles. The first-order valence-corrected chi connectivity index (χ1v) is 10.7. The van der Waals surface area contributed by atoms with Crippen molar-refractivity contribution in [3.05, 3.63) is 78.4 Å². The number of sulfone groups is 1. The van der Waals surface area contributed by atoms with Gasteiger partial charge in [0.1, 0.15) is 0 Å². The molecule has 0 aliphatic heterocycles. The minimum atomic E-state index is -4.59. The van der Waals surface area contributed by atoms with Gasteiger partial charge >= 0.3 is 5.97 Å². The summed E-state index contributed by atoms with van der Waals surface area (Å²) >= 11 is 0. The van der Waals surface area contributed by atoms with Gasteiger partial charge in [0.2, 0.25) is 9.84 Å². The number of benzene rings is 3. The van der Waals surface area contributed by atoms with E-state index in [2.05, 4.69) is 0 Å². The molecule has 0 aromatic heterocycles. The van der Waals surface area contributed by atoms with Gasteiger partial charge in [-0.05, 0) is 23.4 Å². The third kappa shape index (κ3) is 3.97. The van der Waals surface area contributed by atoms with Crippen LogP contribution in [0.3, 0.4) is 0 Å². The highest BCUT2D eigenvalue weighted by molar-refractivity contribution is 7.93. The number of fused-ring (bicyclic) bond motifs is 1. The van der Waals surface area contributed by atoms with Gasteiger partial charge in [0.05, 0.1) is 17.4 Å². The van der Waals surface area contributed by atoms with Crippen molar-refractivity contribution in [3.8, 4) is 0 Å². The highest BCUT2D eigenvalue weighted by atomic mass is 32.2. The standard InChI is InChI=1S/C22H22N2O5S/c23-18(13-15-7-2-1-3-8-15)21(27)22(24,14-20(25)26)30(28,29)19-12-6-10-16-9-4-5-11-17(16)19/h1-12,18H,13-14,23-24H2,(H,25,26)/t18?,22-/m1/s1. The van der Waals surface area contributed by atoms with Gasteiger partial charge in [-0.2, -0.15) is 0 Å². The Morgan fingerprint density at radius 3 is 2.20 bits per heavy atom. The lowest BCUT2D eigenvalue weighted by Crippen LogP contribution is -2.61. The number of carboxylic acid groups (broad SMARTS) is 1. The average molecular weight is 426 g/mol. The van der Waals surface area contributed by atoms with Gasteiger partial charge < -0.3 is 16.6 Å². The number of carbonyl (C=O) groups excluding carboxylic acids is 1. The summed E-state index contributed by atoms with van der Waals surface area (Å²) in [7, 11) is -4.59. The fraction of sp³-hybridized carbons (Fsp3) is 0.182. The molecule has 7 nitrogen and oxygen atoms in total. The van der Waals surface area contributed by atoms with Gasteiger partial charge in [-0.1, -0.05) is 66.7 Å². The summed E-state index contributed by atoms with van der Waals surface area (Å²) in [6.45, 7) is 0. The summed E-state index contributed by atoms with van der Waals surface area (Å²) in [5, 5.41) is 10.3. The van der Waals surface area contributed by atoms with Crippen LogP contribution in [-0.4, -0.2) is 36.2 Å². The highest BCUT2D eigenvalue weighted by Crippen LogP contribution is 2.32. The minimum Gasteiger partial charge on any atom is -0.481 e. The van der Waals surface area contributed by atoms with Crippen LogP contribution in [0.2, 0.25) is 0 Å². The van der Waals surface area contributed by atoms with Gasteiger partial charge in [-0.25, -0.2) is 8.42 Å². The Labute approximate surface area is 174 Å². The van der Waals surface area contributed by atoms with Crippen LogP contribution in [-0.2, 0) is 25.8 Å². The van der Waals surface area contributed by atoms with Crippen molar-refractivity contribution in [1.29, 1.82) is 0 Å². The third-order valence-corrected chi connectivity index (χ3v) is 7.22. The van der Waals surface area contributed by atoms with Crippen molar-refractivity contribution in [1.82, 2.24) is 0 Å². The number of nitrogens with two attached hydrogens (primary N) is 2. The zero-order chi connectivity index (χ0) is 21.9. The fourth-order valence-electron chi connectivity index (χ4n) is 3.44. The molecular weight excluding hydrogens is 404 g/mol. The summed E-state index contributed by atoms with van der Waals surface area (Å²) in [6, 6.07) is 18.7. The van der Waals surface area contributed by atoms with E-state index in [1.165, 1.54) is 12.1 Å². The van der Waals surface area contributed by atoms with Gasteiger partial charge in [0, 0.05) is 5.39 Å². The minimum absolute atomic E-state index is 0.0311. The number of carboxylic acids is 1. The van der Waals surface area contributed by atoms with E-state index < -0.39 is 38.9 Å². The molecule has 0 spiro atoms. The van der Waals surface area contributed by atoms with Crippen LogP contribution in [0, 0.1) is 0 Å². The molecule has 0 amide bonds. The lowest BCUT2D eigenvalue weighted by molar-refractivity contribution is -0.140. The quantitative estimate of drug-likeness (QED) is 0.499. The zero-order valence-electron chi connectivity index (χ0n) is 16.1. The second kappa shape index (κ2) is 8.35. The molecule has 5 N–H and O–H groups in total. The summed E-state index contributed by atoms with van der Waals surface area (Å²) in [5.74, 6) is -2.55. The Bertz CT molecular complexity index is 1190. The molecule has 3 aromatic rings. The number of Topliss-reactive ketones (excluding diaryl/α,β-unsaturated/α-hetero) is 1. The van der Waals surface area contributed by atoms with Crippen LogP contribution in [0.15, 0.2) is 77.7 Å². The van der Waals surface area contributed by atoms with Crippen LogP contribution < -0.4 is 11.5 Å². The second-order valence-corrected chi connectivity index (χ2v) is 9.28. The molecule has 0 saturated heterocycles.